The Kier molecular flexibility index (Phi) is 2.71. The van der Waals surface area contributed by atoms with Gasteiger partial charge >= 0.3 is 0 Å². The largest absolute Gasteiger partial charge is 0.512 e. The highest BCUT2D eigenvalue weighted by molar-refractivity contribution is 6.21. The summed E-state index contributed by atoms with van der Waals surface area (Å²) < 4.78 is 1.69. The predicted octanol–water partition coefficient (Wildman–Crippen LogP) is 2.52. The molecule has 0 amide bonds. The minimum absolute atomic E-state index is 0.0221. The van der Waals surface area contributed by atoms with Crippen molar-refractivity contribution in [3.05, 3.63) is 41.4 Å². The average molecular weight is 230 g/mol. The number of Topliss-reactive ketones (excluding diaryl/α,β-unsaturated/α-hetero) is 1. The minimum atomic E-state index is -0.165. The van der Waals surface area contributed by atoms with Gasteiger partial charge in [0.05, 0.1) is 17.3 Å². The summed E-state index contributed by atoms with van der Waals surface area (Å²) in [5.41, 5.74) is 2.90. The van der Waals surface area contributed by atoms with Gasteiger partial charge in [0, 0.05) is 11.8 Å². The van der Waals surface area contributed by atoms with E-state index in [1.54, 1.807) is 10.7 Å². The van der Waals surface area contributed by atoms with E-state index in [0.29, 0.717) is 11.1 Å². The van der Waals surface area contributed by atoms with Crippen LogP contribution in [0.2, 0.25) is 0 Å². The van der Waals surface area contributed by atoms with Gasteiger partial charge in [0.15, 0.2) is 5.78 Å². The average Bonchev–Trinajstić information content (AvgIpc) is 2.60. The number of carbonyl (C=O) groups is 1. The fourth-order valence-electron chi connectivity index (χ4n) is 1.92. The molecule has 0 aliphatic carbocycles. The number of ketones is 1. The number of aryl methyl sites for hydroxylation is 1. The zero-order valence-electron chi connectivity index (χ0n) is 10.1. The number of carbonyl (C=O) groups excluding carboxylic acids is 1. The lowest BCUT2D eigenvalue weighted by Gasteiger charge is -2.04. The highest BCUT2D eigenvalue weighted by Crippen LogP contribution is 2.23. The molecule has 0 saturated carbocycles. The number of rotatable bonds is 2. The number of aromatic nitrogens is 2. The summed E-state index contributed by atoms with van der Waals surface area (Å²) in [6, 6.07) is 3.88. The van der Waals surface area contributed by atoms with Gasteiger partial charge in [-0.15, -0.1) is 0 Å². The van der Waals surface area contributed by atoms with Crippen molar-refractivity contribution in [1.29, 1.82) is 0 Å². The molecule has 0 atom stereocenters. The summed E-state index contributed by atoms with van der Waals surface area (Å²) in [5, 5.41) is 13.8. The molecule has 0 fully saturated rings. The smallest absolute Gasteiger partial charge is 0.163 e. The molecule has 0 unspecified atom stereocenters. The van der Waals surface area contributed by atoms with Crippen molar-refractivity contribution in [2.24, 2.45) is 0 Å². The lowest BCUT2D eigenvalue weighted by atomic mass is 10.0. The maximum absolute atomic E-state index is 11.6. The number of aliphatic hydroxyl groups is 1. The molecular formula is C13H14N2O2. The Labute approximate surface area is 99.2 Å². The van der Waals surface area contributed by atoms with Crippen LogP contribution >= 0.6 is 0 Å². The van der Waals surface area contributed by atoms with Gasteiger partial charge in [0.1, 0.15) is 5.76 Å². The van der Waals surface area contributed by atoms with Gasteiger partial charge in [-0.25, -0.2) is 4.52 Å². The van der Waals surface area contributed by atoms with Crippen LogP contribution in [0.5, 0.6) is 0 Å². The summed E-state index contributed by atoms with van der Waals surface area (Å²) in [7, 11) is 0. The van der Waals surface area contributed by atoms with Crippen molar-refractivity contribution in [1.82, 2.24) is 9.61 Å². The van der Waals surface area contributed by atoms with Crippen LogP contribution in [0.15, 0.2) is 30.3 Å². The number of fused-ring (bicyclic) bond motifs is 1. The molecule has 2 aromatic rings. The fraction of sp³-hybridized carbons (Fsp3) is 0.231. The van der Waals surface area contributed by atoms with Crippen molar-refractivity contribution >= 4 is 16.9 Å². The second kappa shape index (κ2) is 4.05. The van der Waals surface area contributed by atoms with Gasteiger partial charge in [-0.2, -0.15) is 5.10 Å². The van der Waals surface area contributed by atoms with Crippen LogP contribution in [0.3, 0.4) is 0 Å². The molecule has 0 bridgehead atoms. The van der Waals surface area contributed by atoms with Gasteiger partial charge in [0.2, 0.25) is 0 Å². The predicted molar refractivity (Wildman–Crippen MR) is 65.8 cm³/mol. The van der Waals surface area contributed by atoms with Crippen LogP contribution < -0.4 is 0 Å². The maximum atomic E-state index is 11.6. The van der Waals surface area contributed by atoms with Gasteiger partial charge in [0.25, 0.3) is 0 Å². The summed E-state index contributed by atoms with van der Waals surface area (Å²) in [6.07, 6.45) is 3.43. The van der Waals surface area contributed by atoms with Gasteiger partial charge in [-0.3, -0.25) is 4.79 Å². The van der Waals surface area contributed by atoms with E-state index in [1.807, 2.05) is 25.3 Å². The molecule has 4 heteroatoms. The molecule has 0 spiro atoms. The minimum Gasteiger partial charge on any atom is -0.512 e. The number of hydrogen-bond acceptors (Lipinski definition) is 3. The van der Waals surface area contributed by atoms with E-state index in [2.05, 4.69) is 5.10 Å². The number of allylic oxidation sites excluding steroid dienone is 2. The lowest BCUT2D eigenvalue weighted by Crippen LogP contribution is -1.99. The van der Waals surface area contributed by atoms with Crippen molar-refractivity contribution in [3.8, 4) is 0 Å². The molecule has 0 aliphatic heterocycles. The van der Waals surface area contributed by atoms with Gasteiger partial charge < -0.3 is 5.11 Å². The second-order valence-corrected chi connectivity index (χ2v) is 4.11. The fourth-order valence-corrected chi connectivity index (χ4v) is 1.92. The van der Waals surface area contributed by atoms with E-state index in [1.165, 1.54) is 13.8 Å². The molecule has 17 heavy (non-hydrogen) atoms. The zero-order valence-corrected chi connectivity index (χ0v) is 10.1. The van der Waals surface area contributed by atoms with E-state index >= 15 is 0 Å². The maximum Gasteiger partial charge on any atom is 0.163 e. The Balaban J connectivity index is 2.75. The highest BCUT2D eigenvalue weighted by Gasteiger charge is 2.16. The molecule has 4 nitrogen and oxygen atoms in total. The standard InChI is InChI=1S/C13H14N2O2/c1-8-4-5-15-12(6-8)11(7-14-15)13(9(2)16)10(3)17/h4-7,16H,1-3H3/b13-9+. The van der Waals surface area contributed by atoms with Crippen LogP contribution in [-0.4, -0.2) is 20.5 Å². The first-order valence-electron chi connectivity index (χ1n) is 5.36. The molecule has 0 aromatic carbocycles. The van der Waals surface area contributed by atoms with Crippen molar-refractivity contribution < 1.29 is 9.90 Å². The molecule has 0 aliphatic rings. The van der Waals surface area contributed by atoms with Crippen molar-refractivity contribution in [2.75, 3.05) is 0 Å². The number of hydrogen-bond donors (Lipinski definition) is 1. The number of pyridine rings is 1. The zero-order chi connectivity index (χ0) is 12.6. The van der Waals surface area contributed by atoms with E-state index in [9.17, 15) is 9.90 Å². The van der Waals surface area contributed by atoms with Crippen LogP contribution in [-0.2, 0) is 4.79 Å². The Morgan fingerprint density at radius 1 is 1.41 bits per heavy atom. The first-order chi connectivity index (χ1) is 8.00. The molecule has 0 radical (unpaired) electrons. The SMILES string of the molecule is CC(=O)/C(=C(/C)O)c1cnn2ccc(C)cc12. The van der Waals surface area contributed by atoms with Crippen LogP contribution in [0.25, 0.3) is 11.1 Å². The number of aliphatic hydroxyl groups excluding tert-OH is 1. The molecule has 2 rings (SSSR count). The molecule has 0 saturated heterocycles. The van der Waals surface area contributed by atoms with Crippen molar-refractivity contribution in [3.63, 3.8) is 0 Å². The molecule has 2 aromatic heterocycles. The highest BCUT2D eigenvalue weighted by atomic mass is 16.3. The van der Waals surface area contributed by atoms with E-state index < -0.39 is 0 Å². The van der Waals surface area contributed by atoms with Crippen LogP contribution in [0.1, 0.15) is 25.0 Å². The third kappa shape index (κ3) is 1.93. The van der Waals surface area contributed by atoms with Gasteiger partial charge in [-0.1, -0.05) is 0 Å². The Morgan fingerprint density at radius 2 is 2.12 bits per heavy atom. The Hall–Kier alpha value is -2.10. The monoisotopic (exact) mass is 230 g/mol. The third-order valence-corrected chi connectivity index (χ3v) is 2.66. The topological polar surface area (TPSA) is 54.6 Å². The summed E-state index contributed by atoms with van der Waals surface area (Å²) in [5.74, 6) is -0.143. The first-order valence-corrected chi connectivity index (χ1v) is 5.36. The summed E-state index contributed by atoms with van der Waals surface area (Å²) >= 11 is 0. The Bertz CT molecular complexity index is 619. The quantitative estimate of drug-likeness (QED) is 0.637. The summed E-state index contributed by atoms with van der Waals surface area (Å²) in [6.45, 7) is 4.92. The number of nitrogens with zero attached hydrogens (tertiary/aromatic N) is 2. The normalized spacial score (nSPS) is 12.6. The molecular weight excluding hydrogens is 216 g/mol. The second-order valence-electron chi connectivity index (χ2n) is 4.11. The van der Waals surface area contributed by atoms with E-state index in [-0.39, 0.29) is 11.5 Å². The van der Waals surface area contributed by atoms with Gasteiger partial charge in [-0.05, 0) is 38.5 Å². The molecule has 88 valence electrons. The lowest BCUT2D eigenvalue weighted by molar-refractivity contribution is -0.111. The van der Waals surface area contributed by atoms with E-state index in [0.717, 1.165) is 11.1 Å². The van der Waals surface area contributed by atoms with Crippen LogP contribution in [0, 0.1) is 6.92 Å². The van der Waals surface area contributed by atoms with E-state index in [4.69, 9.17) is 0 Å². The Morgan fingerprint density at radius 3 is 2.71 bits per heavy atom. The first kappa shape index (κ1) is 11.4. The van der Waals surface area contributed by atoms with Crippen molar-refractivity contribution in [2.45, 2.75) is 20.8 Å². The van der Waals surface area contributed by atoms with Crippen LogP contribution in [0.4, 0.5) is 0 Å². The summed E-state index contributed by atoms with van der Waals surface area (Å²) in [4.78, 5) is 11.6. The molecule has 1 N–H and O–H groups in total. The molecule has 2 heterocycles. The third-order valence-electron chi connectivity index (χ3n) is 2.66.